The van der Waals surface area contributed by atoms with Gasteiger partial charge >= 0.3 is 0 Å². The third-order valence-electron chi connectivity index (χ3n) is 4.26. The molecule has 5 nitrogen and oxygen atoms in total. The van der Waals surface area contributed by atoms with E-state index in [0.717, 1.165) is 28.4 Å². The lowest BCUT2D eigenvalue weighted by Gasteiger charge is -2.05. The number of rotatable bonds is 5. The molecule has 1 heterocycles. The number of halogens is 1. The summed E-state index contributed by atoms with van der Waals surface area (Å²) in [5.74, 6) is 0.524. The highest BCUT2D eigenvalue weighted by molar-refractivity contribution is 9.10. The average Bonchev–Trinajstić information content (AvgIpc) is 3.32. The minimum absolute atomic E-state index is 0.0648. The van der Waals surface area contributed by atoms with Gasteiger partial charge in [-0.05, 0) is 55.7 Å². The van der Waals surface area contributed by atoms with Crippen molar-refractivity contribution in [3.05, 3.63) is 58.6 Å². The summed E-state index contributed by atoms with van der Waals surface area (Å²) in [6, 6.07) is 14.4. The second kappa shape index (κ2) is 6.55. The van der Waals surface area contributed by atoms with Gasteiger partial charge in [0, 0.05) is 16.1 Å². The molecule has 0 atom stereocenters. The average molecular weight is 433 g/mol. The second-order valence-electron chi connectivity index (χ2n) is 6.34. The van der Waals surface area contributed by atoms with Gasteiger partial charge in [-0.1, -0.05) is 34.1 Å². The third-order valence-corrected chi connectivity index (χ3v) is 6.47. The monoisotopic (exact) mass is 432 g/mol. The van der Waals surface area contributed by atoms with E-state index in [-0.39, 0.29) is 21.8 Å². The van der Waals surface area contributed by atoms with Crippen LogP contribution in [0.15, 0.2) is 67.3 Å². The minimum Gasteiger partial charge on any atom is -0.419 e. The minimum atomic E-state index is -3.79. The molecule has 134 valence electrons. The Labute approximate surface area is 160 Å². The van der Waals surface area contributed by atoms with E-state index in [1.807, 2.05) is 31.2 Å². The van der Waals surface area contributed by atoms with Crippen molar-refractivity contribution in [2.24, 2.45) is 0 Å². The first-order valence-corrected chi connectivity index (χ1v) is 10.6. The van der Waals surface area contributed by atoms with Gasteiger partial charge in [0.1, 0.15) is 0 Å². The summed E-state index contributed by atoms with van der Waals surface area (Å²) in [6.45, 7) is 1.94. The van der Waals surface area contributed by atoms with Gasteiger partial charge < -0.3 is 9.73 Å². The van der Waals surface area contributed by atoms with Crippen LogP contribution in [0.3, 0.4) is 0 Å². The Bertz CT molecular complexity index is 1050. The number of hydrogen-bond acceptors (Lipinski definition) is 5. The van der Waals surface area contributed by atoms with Crippen LogP contribution < -0.4 is 5.32 Å². The van der Waals surface area contributed by atoms with Crippen LogP contribution in [0, 0.1) is 6.92 Å². The van der Waals surface area contributed by atoms with Crippen molar-refractivity contribution >= 4 is 31.7 Å². The van der Waals surface area contributed by atoms with Crippen LogP contribution in [0.25, 0.3) is 11.5 Å². The lowest BCUT2D eigenvalue weighted by atomic mass is 10.1. The van der Waals surface area contributed by atoms with Gasteiger partial charge in [0.05, 0.1) is 4.90 Å². The molecular formula is C19H17BrN2O3S. The summed E-state index contributed by atoms with van der Waals surface area (Å²) in [5, 5.41) is 3.10. The lowest BCUT2D eigenvalue weighted by molar-refractivity contribution is 0.576. The number of aromatic nitrogens is 1. The molecule has 0 aliphatic heterocycles. The molecule has 4 rings (SSSR count). The lowest BCUT2D eigenvalue weighted by Crippen LogP contribution is -2.08. The number of hydrogen-bond donors (Lipinski definition) is 1. The maximum absolute atomic E-state index is 13.1. The van der Waals surface area contributed by atoms with Crippen LogP contribution in [0.5, 0.6) is 0 Å². The molecule has 1 aromatic heterocycles. The summed E-state index contributed by atoms with van der Waals surface area (Å²) in [7, 11) is -3.79. The normalized spacial score (nSPS) is 14.4. The Kier molecular flexibility index (Phi) is 4.36. The molecule has 26 heavy (non-hydrogen) atoms. The van der Waals surface area contributed by atoms with E-state index in [1.54, 1.807) is 24.3 Å². The third kappa shape index (κ3) is 3.29. The maximum Gasteiger partial charge on any atom is 0.234 e. The van der Waals surface area contributed by atoms with Crippen molar-refractivity contribution in [2.75, 3.05) is 5.32 Å². The summed E-state index contributed by atoms with van der Waals surface area (Å²) < 4.78 is 32.9. The molecule has 0 unspecified atom stereocenters. The van der Waals surface area contributed by atoms with Gasteiger partial charge in [-0.25, -0.2) is 8.42 Å². The summed E-state index contributed by atoms with van der Waals surface area (Å²) >= 11 is 3.33. The van der Waals surface area contributed by atoms with Crippen LogP contribution in [0.4, 0.5) is 5.88 Å². The fraction of sp³-hybridized carbons (Fsp3) is 0.211. The first kappa shape index (κ1) is 17.3. The molecule has 1 aliphatic carbocycles. The van der Waals surface area contributed by atoms with Crippen molar-refractivity contribution in [2.45, 2.75) is 35.7 Å². The van der Waals surface area contributed by atoms with Crippen molar-refractivity contribution in [1.29, 1.82) is 0 Å². The van der Waals surface area contributed by atoms with Gasteiger partial charge in [0.15, 0.2) is 0 Å². The number of benzene rings is 2. The van der Waals surface area contributed by atoms with E-state index in [2.05, 4.69) is 26.2 Å². The van der Waals surface area contributed by atoms with Crippen molar-refractivity contribution < 1.29 is 12.8 Å². The quantitative estimate of drug-likeness (QED) is 0.625. The van der Waals surface area contributed by atoms with E-state index >= 15 is 0 Å². The maximum atomic E-state index is 13.1. The molecule has 0 radical (unpaired) electrons. The van der Waals surface area contributed by atoms with E-state index in [4.69, 9.17) is 4.42 Å². The molecule has 0 amide bonds. The van der Waals surface area contributed by atoms with Gasteiger partial charge in [-0.2, -0.15) is 4.98 Å². The summed E-state index contributed by atoms with van der Waals surface area (Å²) in [6.07, 6.45) is 2.00. The number of nitrogens with one attached hydrogen (secondary N) is 1. The topological polar surface area (TPSA) is 72.2 Å². The first-order valence-electron chi connectivity index (χ1n) is 8.29. The van der Waals surface area contributed by atoms with Crippen molar-refractivity contribution in [1.82, 2.24) is 4.98 Å². The summed E-state index contributed by atoms with van der Waals surface area (Å²) in [5.41, 5.74) is 1.75. The zero-order chi connectivity index (χ0) is 18.3. The van der Waals surface area contributed by atoms with Gasteiger partial charge in [-0.15, -0.1) is 0 Å². The zero-order valence-electron chi connectivity index (χ0n) is 14.1. The second-order valence-corrected chi connectivity index (χ2v) is 9.12. The highest BCUT2D eigenvalue weighted by Crippen LogP contribution is 2.36. The van der Waals surface area contributed by atoms with Gasteiger partial charge in [-0.3, -0.25) is 0 Å². The fourth-order valence-corrected chi connectivity index (χ4v) is 4.18. The number of sulfone groups is 1. The molecule has 0 spiro atoms. The van der Waals surface area contributed by atoms with Gasteiger partial charge in [0.2, 0.25) is 26.6 Å². The Hall–Kier alpha value is -2.12. The van der Waals surface area contributed by atoms with Crippen LogP contribution in [0.2, 0.25) is 0 Å². The highest BCUT2D eigenvalue weighted by atomic mass is 79.9. The SMILES string of the molecule is Cc1ccccc1-c1nc(S(=O)(=O)c2ccc(Br)cc2)c(NC2CC2)o1. The molecule has 2 aromatic carbocycles. The molecule has 1 N–H and O–H groups in total. The predicted molar refractivity (Wildman–Crippen MR) is 103 cm³/mol. The first-order chi connectivity index (χ1) is 12.4. The Morgan fingerprint density at radius 2 is 1.81 bits per heavy atom. The standard InChI is InChI=1S/C19H17BrN2O3S/c1-12-4-2-3-5-16(12)17-22-19(18(25-17)21-14-8-9-14)26(23,24)15-10-6-13(20)7-11-15/h2-7,10-11,14,21H,8-9H2,1H3. The van der Waals surface area contributed by atoms with E-state index in [1.165, 1.54) is 0 Å². The molecule has 7 heteroatoms. The Balaban J connectivity index is 1.83. The van der Waals surface area contributed by atoms with E-state index < -0.39 is 9.84 Å². The highest BCUT2D eigenvalue weighted by Gasteiger charge is 2.32. The van der Waals surface area contributed by atoms with E-state index in [9.17, 15) is 8.42 Å². The van der Waals surface area contributed by atoms with Gasteiger partial charge in [0.25, 0.3) is 0 Å². The molecule has 1 fully saturated rings. The smallest absolute Gasteiger partial charge is 0.234 e. The zero-order valence-corrected chi connectivity index (χ0v) is 16.5. The molecule has 1 aliphatic rings. The van der Waals surface area contributed by atoms with E-state index in [0.29, 0.717) is 5.89 Å². The van der Waals surface area contributed by atoms with Crippen LogP contribution in [0.1, 0.15) is 18.4 Å². The number of nitrogens with zero attached hydrogens (tertiary/aromatic N) is 1. The van der Waals surface area contributed by atoms with Crippen molar-refractivity contribution in [3.8, 4) is 11.5 Å². The van der Waals surface area contributed by atoms with Crippen LogP contribution in [-0.2, 0) is 9.84 Å². The Morgan fingerprint density at radius 3 is 2.46 bits per heavy atom. The molecule has 1 saturated carbocycles. The Morgan fingerprint density at radius 1 is 1.12 bits per heavy atom. The molecule has 0 bridgehead atoms. The molecule has 3 aromatic rings. The largest absolute Gasteiger partial charge is 0.419 e. The molecular weight excluding hydrogens is 416 g/mol. The number of aryl methyl sites for hydroxylation is 1. The number of anilines is 1. The van der Waals surface area contributed by atoms with Crippen molar-refractivity contribution in [3.63, 3.8) is 0 Å². The number of oxazole rings is 1. The summed E-state index contributed by atoms with van der Waals surface area (Å²) in [4.78, 5) is 4.55. The van der Waals surface area contributed by atoms with Crippen LogP contribution in [-0.4, -0.2) is 19.4 Å². The predicted octanol–water partition coefficient (Wildman–Crippen LogP) is 4.82. The molecule has 0 saturated heterocycles. The fourth-order valence-electron chi connectivity index (χ4n) is 2.65. The van der Waals surface area contributed by atoms with Crippen LogP contribution >= 0.6 is 15.9 Å².